The lowest BCUT2D eigenvalue weighted by molar-refractivity contribution is -0.122. The highest BCUT2D eigenvalue weighted by atomic mass is 127. The van der Waals surface area contributed by atoms with Crippen molar-refractivity contribution >= 4 is 63.8 Å². The molecule has 2 aromatic carbocycles. The molecule has 162 valence electrons. The molecule has 3 rings (SSSR count). The molecule has 0 unspecified atom stereocenters. The molecule has 9 heteroatoms. The lowest BCUT2D eigenvalue weighted by Crippen LogP contribution is -2.54. The summed E-state index contributed by atoms with van der Waals surface area (Å²) in [5, 5.41) is 2.41. The largest absolute Gasteiger partial charge is 0.490 e. The van der Waals surface area contributed by atoms with E-state index in [0.29, 0.717) is 30.3 Å². The second kappa shape index (κ2) is 10.1. The lowest BCUT2D eigenvalue weighted by Gasteiger charge is -2.27. The minimum atomic E-state index is -0.854. The predicted octanol–water partition coefficient (Wildman–Crippen LogP) is 4.80. The minimum Gasteiger partial charge on any atom is -0.490 e. The van der Waals surface area contributed by atoms with Crippen LogP contribution in [0, 0.1) is 3.57 Å². The van der Waals surface area contributed by atoms with Gasteiger partial charge in [-0.2, -0.15) is 0 Å². The summed E-state index contributed by atoms with van der Waals surface area (Å²) >= 11 is 8.27. The van der Waals surface area contributed by atoms with Gasteiger partial charge in [-0.15, -0.1) is 0 Å². The highest BCUT2D eigenvalue weighted by Gasteiger charge is 2.37. The zero-order valence-electron chi connectivity index (χ0n) is 16.9. The third-order valence-corrected chi connectivity index (χ3v) is 5.41. The van der Waals surface area contributed by atoms with Crippen molar-refractivity contribution < 1.29 is 23.9 Å². The number of para-hydroxylation sites is 1. The molecule has 0 aliphatic carbocycles. The van der Waals surface area contributed by atoms with E-state index in [1.165, 1.54) is 12.1 Å². The van der Waals surface area contributed by atoms with E-state index in [0.717, 1.165) is 14.9 Å². The van der Waals surface area contributed by atoms with Gasteiger partial charge in [0.2, 0.25) is 0 Å². The van der Waals surface area contributed by atoms with E-state index >= 15 is 0 Å². The first-order valence-electron chi connectivity index (χ1n) is 9.62. The molecule has 0 saturated carbocycles. The van der Waals surface area contributed by atoms with Crippen LogP contribution >= 0.6 is 34.2 Å². The number of carbonyl (C=O) groups is 3. The van der Waals surface area contributed by atoms with Gasteiger partial charge in [-0.05, 0) is 71.8 Å². The summed E-state index contributed by atoms with van der Waals surface area (Å²) in [4.78, 5) is 38.7. The van der Waals surface area contributed by atoms with Gasteiger partial charge in [-0.1, -0.05) is 30.7 Å². The van der Waals surface area contributed by atoms with Crippen LogP contribution in [0.2, 0.25) is 5.02 Å². The van der Waals surface area contributed by atoms with Crippen LogP contribution in [0.4, 0.5) is 10.5 Å². The Bertz CT molecular complexity index is 1070. The van der Waals surface area contributed by atoms with Crippen LogP contribution in [0.3, 0.4) is 0 Å². The summed E-state index contributed by atoms with van der Waals surface area (Å²) in [5.74, 6) is -0.421. The van der Waals surface area contributed by atoms with E-state index in [1.54, 1.807) is 30.3 Å². The van der Waals surface area contributed by atoms with Gasteiger partial charge in [0.25, 0.3) is 11.8 Å². The van der Waals surface area contributed by atoms with E-state index in [-0.39, 0.29) is 16.3 Å². The van der Waals surface area contributed by atoms with Crippen LogP contribution in [0.25, 0.3) is 6.08 Å². The number of barbiturate groups is 1. The molecule has 0 aromatic heterocycles. The number of halogens is 2. The highest BCUT2D eigenvalue weighted by Crippen LogP contribution is 2.35. The van der Waals surface area contributed by atoms with E-state index in [1.807, 2.05) is 13.8 Å². The van der Waals surface area contributed by atoms with Crippen LogP contribution in [-0.2, 0) is 9.59 Å². The monoisotopic (exact) mass is 554 g/mol. The molecular formula is C22H20ClIN2O5. The Morgan fingerprint density at radius 1 is 1.13 bits per heavy atom. The Morgan fingerprint density at radius 2 is 1.87 bits per heavy atom. The number of nitrogens with zero attached hydrogens (tertiary/aromatic N) is 1. The number of hydrogen-bond acceptors (Lipinski definition) is 5. The average molecular weight is 555 g/mol. The summed E-state index contributed by atoms with van der Waals surface area (Å²) < 4.78 is 12.3. The first-order valence-corrected chi connectivity index (χ1v) is 11.1. The zero-order valence-corrected chi connectivity index (χ0v) is 19.8. The Hall–Kier alpha value is -2.59. The standard InChI is InChI=1S/C22H20ClIN2O5/c1-3-9-31-19-16(24)11-13(12-18(19)30-4-2)10-14-20(27)25-22(29)26(21(14)28)17-8-6-5-7-15(17)23/h5-8,10-12H,3-4,9H2,1-2H3,(H,25,27,29)/b14-10+. The molecule has 1 aliphatic heterocycles. The first kappa shape index (κ1) is 23.1. The number of carbonyl (C=O) groups excluding carboxylic acids is 3. The number of hydrogen-bond donors (Lipinski definition) is 1. The molecule has 1 N–H and O–H groups in total. The summed E-state index contributed by atoms with van der Waals surface area (Å²) in [6, 6.07) is 9.03. The number of rotatable bonds is 7. The topological polar surface area (TPSA) is 84.9 Å². The van der Waals surface area contributed by atoms with Crippen molar-refractivity contribution in [2.45, 2.75) is 20.3 Å². The normalized spacial score (nSPS) is 15.3. The molecule has 0 radical (unpaired) electrons. The zero-order chi connectivity index (χ0) is 22.5. The highest BCUT2D eigenvalue weighted by molar-refractivity contribution is 14.1. The molecule has 1 fully saturated rings. The van der Waals surface area contributed by atoms with Crippen molar-refractivity contribution in [3.05, 3.63) is 56.1 Å². The quantitative estimate of drug-likeness (QED) is 0.302. The molecule has 0 atom stereocenters. The molecule has 2 aromatic rings. The van der Waals surface area contributed by atoms with Gasteiger partial charge >= 0.3 is 6.03 Å². The fraction of sp³-hybridized carbons (Fsp3) is 0.227. The molecule has 0 spiro atoms. The maximum atomic E-state index is 13.1. The van der Waals surface area contributed by atoms with Crippen molar-refractivity contribution in [1.29, 1.82) is 0 Å². The van der Waals surface area contributed by atoms with Gasteiger partial charge in [0, 0.05) is 0 Å². The number of nitrogens with one attached hydrogen (secondary N) is 1. The van der Waals surface area contributed by atoms with Crippen LogP contribution < -0.4 is 19.7 Å². The second-order valence-corrected chi connectivity index (χ2v) is 8.09. The molecule has 1 aliphatic rings. The summed E-state index contributed by atoms with van der Waals surface area (Å²) in [5.41, 5.74) is 0.557. The number of urea groups is 1. The molecule has 7 nitrogen and oxygen atoms in total. The molecule has 1 saturated heterocycles. The van der Waals surface area contributed by atoms with E-state index in [4.69, 9.17) is 21.1 Å². The molecule has 1 heterocycles. The van der Waals surface area contributed by atoms with Gasteiger partial charge < -0.3 is 9.47 Å². The first-order chi connectivity index (χ1) is 14.9. The molecule has 31 heavy (non-hydrogen) atoms. The van der Waals surface area contributed by atoms with Crippen molar-refractivity contribution in [3.8, 4) is 11.5 Å². The number of anilines is 1. The minimum absolute atomic E-state index is 0.193. The number of amides is 4. The van der Waals surface area contributed by atoms with E-state index in [2.05, 4.69) is 27.9 Å². The Kier molecular flexibility index (Phi) is 7.55. The maximum Gasteiger partial charge on any atom is 0.335 e. The number of benzene rings is 2. The second-order valence-electron chi connectivity index (χ2n) is 6.52. The predicted molar refractivity (Wildman–Crippen MR) is 127 cm³/mol. The molecule has 0 bridgehead atoms. The Labute approximate surface area is 198 Å². The Balaban J connectivity index is 2.03. The fourth-order valence-electron chi connectivity index (χ4n) is 2.95. The Morgan fingerprint density at radius 3 is 2.55 bits per heavy atom. The van der Waals surface area contributed by atoms with Crippen molar-refractivity contribution in [3.63, 3.8) is 0 Å². The molecule has 4 amide bonds. The SMILES string of the molecule is CCCOc1c(I)cc(/C=C2\C(=O)NC(=O)N(c3ccccc3Cl)C2=O)cc1OCC. The van der Waals surface area contributed by atoms with Crippen LogP contribution in [-0.4, -0.2) is 31.1 Å². The van der Waals surface area contributed by atoms with Crippen LogP contribution in [0.5, 0.6) is 11.5 Å². The van der Waals surface area contributed by atoms with Gasteiger partial charge in [0.1, 0.15) is 5.57 Å². The van der Waals surface area contributed by atoms with Gasteiger partial charge in [0.05, 0.1) is 27.5 Å². The smallest absolute Gasteiger partial charge is 0.335 e. The van der Waals surface area contributed by atoms with Crippen molar-refractivity contribution in [2.24, 2.45) is 0 Å². The van der Waals surface area contributed by atoms with Gasteiger partial charge in [0.15, 0.2) is 11.5 Å². The summed E-state index contributed by atoms with van der Waals surface area (Å²) in [7, 11) is 0. The third-order valence-electron chi connectivity index (χ3n) is 4.29. The lowest BCUT2D eigenvalue weighted by atomic mass is 10.1. The third kappa shape index (κ3) is 5.01. The van der Waals surface area contributed by atoms with Crippen LogP contribution in [0.15, 0.2) is 42.0 Å². The van der Waals surface area contributed by atoms with Crippen molar-refractivity contribution in [2.75, 3.05) is 18.1 Å². The average Bonchev–Trinajstić information content (AvgIpc) is 2.72. The molecular weight excluding hydrogens is 535 g/mol. The summed E-state index contributed by atoms with van der Waals surface area (Å²) in [6.45, 7) is 4.82. The van der Waals surface area contributed by atoms with E-state index in [9.17, 15) is 14.4 Å². The number of imide groups is 2. The van der Waals surface area contributed by atoms with Crippen LogP contribution in [0.1, 0.15) is 25.8 Å². The summed E-state index contributed by atoms with van der Waals surface area (Å²) in [6.07, 6.45) is 2.26. The number of ether oxygens (including phenoxy) is 2. The maximum absolute atomic E-state index is 13.1. The van der Waals surface area contributed by atoms with Crippen molar-refractivity contribution in [1.82, 2.24) is 5.32 Å². The van der Waals surface area contributed by atoms with Gasteiger partial charge in [-0.3, -0.25) is 14.9 Å². The fourth-order valence-corrected chi connectivity index (χ4v) is 3.96. The van der Waals surface area contributed by atoms with E-state index < -0.39 is 17.8 Å². The van der Waals surface area contributed by atoms with Gasteiger partial charge in [-0.25, -0.2) is 9.69 Å².